The van der Waals surface area contributed by atoms with Gasteiger partial charge in [-0.15, -0.1) is 35.7 Å². The van der Waals surface area contributed by atoms with E-state index in [-0.39, 0.29) is 50.5 Å². The van der Waals surface area contributed by atoms with E-state index in [1.807, 2.05) is 126 Å². The van der Waals surface area contributed by atoms with Gasteiger partial charge in [-0.2, -0.15) is 27.4 Å². The van der Waals surface area contributed by atoms with E-state index in [4.69, 9.17) is 19.4 Å². The summed E-state index contributed by atoms with van der Waals surface area (Å²) < 4.78 is 26.1. The van der Waals surface area contributed by atoms with Crippen molar-refractivity contribution < 1.29 is 35.6 Å². The molecule has 1 N–H and O–H groups in total. The Hall–Kier alpha value is -14.3. The summed E-state index contributed by atoms with van der Waals surface area (Å²) in [5, 5.41) is 30.3. The molecule has 15 nitrogen and oxygen atoms in total. The van der Waals surface area contributed by atoms with Crippen LogP contribution in [0.5, 0.6) is 28.7 Å². The van der Waals surface area contributed by atoms with E-state index in [2.05, 4.69) is 372 Å². The maximum Gasteiger partial charge on any atom is 2.00 e. The van der Waals surface area contributed by atoms with E-state index in [0.29, 0.717) is 11.5 Å². The van der Waals surface area contributed by atoms with E-state index in [1.165, 1.54) is 94.0 Å². The maximum atomic E-state index is 9.55. The SMILES string of the molecule is C.CC(C)(C)c1ccnc(-n2c3ccccc3c3ccc(Br)cc32)c1.Cc1cccc(C)c1-c1cnn(-c2[c-]c(Oc3[c-]c4c(cc3)c3ccccc3n4-c3cc(C(C)(C)C)ccn3)ccc2)c1.Cc1cccc(C)c1-c1cnn(-c2cccc(O)c2)c1.Cc1cccc(C)c1-c1cnn(-c2cccc(Oc3ccc4c5ccccc5n(-c5cc(C(C)(C)C)ccn5)c4c3)c2)c1.[Pt+2]. The van der Waals surface area contributed by atoms with Gasteiger partial charge in [0.25, 0.3) is 0 Å². The fraction of sp³-hybridized carbons (Fsp3) is 0.165. The zero-order chi connectivity index (χ0) is 90.4. The van der Waals surface area contributed by atoms with Crippen LogP contribution in [0, 0.1) is 53.7 Å². The molecule has 0 spiro atoms. The van der Waals surface area contributed by atoms with Gasteiger partial charge in [0, 0.05) is 115 Å². The molecule has 0 aliphatic rings. The second kappa shape index (κ2) is 37.6. The first-order valence-corrected chi connectivity index (χ1v) is 44.6. The second-order valence-corrected chi connectivity index (χ2v) is 37.3. The molecule has 0 aliphatic carbocycles. The van der Waals surface area contributed by atoms with Gasteiger partial charge in [0.1, 0.15) is 34.7 Å². The van der Waals surface area contributed by atoms with Crippen LogP contribution in [-0.2, 0) is 37.3 Å². The van der Waals surface area contributed by atoms with Gasteiger partial charge < -0.3 is 19.1 Å². The number of rotatable bonds is 13. The number of aromatic hydroxyl groups is 1. The Bertz CT molecular complexity index is 7470. The molecule has 0 atom stereocenters. The van der Waals surface area contributed by atoms with Gasteiger partial charge in [0.15, 0.2) is 0 Å². The third kappa shape index (κ3) is 18.8. The number of aryl methyl sites for hydroxylation is 6. The minimum Gasteiger partial charge on any atom is -0.509 e. The maximum absolute atomic E-state index is 9.55. The molecule has 660 valence electrons. The predicted molar refractivity (Wildman–Crippen MR) is 541 cm³/mol. The summed E-state index contributed by atoms with van der Waals surface area (Å²) >= 11 is 3.61. The third-order valence-electron chi connectivity index (χ3n) is 24.0. The summed E-state index contributed by atoms with van der Waals surface area (Å²) in [5.74, 6) is 5.67. The van der Waals surface area contributed by atoms with E-state index in [1.54, 1.807) is 16.8 Å². The van der Waals surface area contributed by atoms with Crippen LogP contribution >= 0.6 is 15.9 Å². The summed E-state index contributed by atoms with van der Waals surface area (Å²) in [5.41, 5.74) is 27.3. The minimum atomic E-state index is 0. The number of phenols is 1. The van der Waals surface area contributed by atoms with Gasteiger partial charge in [0.05, 0.1) is 52.0 Å². The first kappa shape index (κ1) is 91.0. The third-order valence-corrected chi connectivity index (χ3v) is 24.5. The Morgan fingerprint density at radius 2 is 0.705 bits per heavy atom. The molecule has 0 amide bonds. The van der Waals surface area contributed by atoms with Crippen molar-refractivity contribution >= 4 is 81.3 Å². The topological polar surface area (TPSA) is 146 Å². The number of phenolic OH excluding ortho intramolecular Hbond substituents is 1. The predicted octanol–water partition coefficient (Wildman–Crippen LogP) is 29.8. The Morgan fingerprint density at radius 3 is 1.19 bits per heavy atom. The molecule has 21 rings (SSSR count). The average molecular weight is 1980 g/mol. The Kier molecular flexibility index (Phi) is 26.0. The number of hydrogen-bond acceptors (Lipinski definition) is 9. The number of benzene rings is 12. The van der Waals surface area contributed by atoms with E-state index >= 15 is 0 Å². The summed E-state index contributed by atoms with van der Waals surface area (Å²) in [7, 11) is 0. The van der Waals surface area contributed by atoms with Gasteiger partial charge in [-0.1, -0.05) is 219 Å². The normalized spacial score (nSPS) is 11.5. The summed E-state index contributed by atoms with van der Waals surface area (Å²) in [6.07, 6.45) is 17.5. The first-order valence-electron chi connectivity index (χ1n) is 43.8. The largest absolute Gasteiger partial charge is 2.00 e. The zero-order valence-corrected chi connectivity index (χ0v) is 79.9. The Balaban J connectivity index is 0.000000134. The number of hydrogen-bond donors (Lipinski definition) is 1. The molecule has 0 saturated heterocycles. The molecule has 21 aromatic rings. The number of halogens is 1. The fourth-order valence-electron chi connectivity index (χ4n) is 17.4. The molecule has 132 heavy (non-hydrogen) atoms. The van der Waals surface area contributed by atoms with E-state index in [9.17, 15) is 5.11 Å². The molecule has 9 heterocycles. The van der Waals surface area contributed by atoms with Crippen LogP contribution in [0.15, 0.2) is 339 Å². The molecule has 0 radical (unpaired) electrons. The smallest absolute Gasteiger partial charge is 0.509 e. The van der Waals surface area contributed by atoms with Crippen LogP contribution in [0.1, 0.15) is 120 Å². The van der Waals surface area contributed by atoms with Crippen molar-refractivity contribution in [2.45, 2.75) is 128 Å². The Labute approximate surface area is 794 Å². The first-order chi connectivity index (χ1) is 62.6. The van der Waals surface area contributed by atoms with Crippen molar-refractivity contribution in [2.75, 3.05) is 0 Å². The monoisotopic (exact) mass is 1980 g/mol. The van der Waals surface area contributed by atoms with Gasteiger partial charge in [-0.05, 0) is 239 Å². The standard InChI is InChI=1S/C38H34N4O.C38H32N4O.C21H19BrN2.C17H16N2O.CH4.Pt/c2*1-25-10-8-11-26(2)37(25)27-23-40-41(24-27)29-12-9-13-30(21-29)43-31-16-17-33-32-14-6-7-15-34(32)42(35(33)22-31)36-20-28(18-19-39-36)38(3,4)5;1-21(2,3)14-10-11-23-20(12-14)24-18-7-5-4-6-16(18)17-9-8-15(22)13-19(17)24;1-12-5-3-6-13(2)17(12)14-10-18-19(11-14)15-7-4-8-16(20)9-15;;/h6-24H,1-5H3;6-20,23-24H,1-5H3;4-13H,1-3H3;3-11,20H,1-2H3;1H4;/q;-2;;;;+2. The molecule has 9 aromatic heterocycles. The molecular weight excluding hydrogens is 1870 g/mol. The van der Waals surface area contributed by atoms with Gasteiger partial charge in [0.2, 0.25) is 0 Å². The average Bonchev–Trinajstić information content (AvgIpc) is 1.60. The van der Waals surface area contributed by atoms with Crippen LogP contribution in [0.2, 0.25) is 0 Å². The molecule has 0 saturated carbocycles. The number of nitrogens with zero attached hydrogens (tertiary/aromatic N) is 12. The van der Waals surface area contributed by atoms with Crippen molar-refractivity contribution in [1.82, 2.24) is 58.0 Å². The van der Waals surface area contributed by atoms with Gasteiger partial charge in [-0.25, -0.2) is 24.3 Å². The second-order valence-electron chi connectivity index (χ2n) is 36.4. The zero-order valence-electron chi connectivity index (χ0n) is 76.1. The van der Waals surface area contributed by atoms with E-state index < -0.39 is 0 Å². The van der Waals surface area contributed by atoms with Crippen molar-refractivity contribution in [3.8, 4) is 96.6 Å². The summed E-state index contributed by atoms with van der Waals surface area (Å²) in [4.78, 5) is 14.2. The van der Waals surface area contributed by atoms with Crippen LogP contribution < -0.4 is 9.47 Å². The number of ether oxygens (including phenoxy) is 2. The minimum absolute atomic E-state index is 0. The van der Waals surface area contributed by atoms with Crippen molar-refractivity contribution in [1.29, 1.82) is 0 Å². The van der Waals surface area contributed by atoms with Crippen LogP contribution in [-0.4, -0.2) is 63.1 Å². The number of pyridine rings is 3. The van der Waals surface area contributed by atoms with E-state index in [0.717, 1.165) is 105 Å². The molecule has 17 heteroatoms. The van der Waals surface area contributed by atoms with Crippen molar-refractivity contribution in [3.05, 3.63) is 402 Å². The van der Waals surface area contributed by atoms with Crippen LogP contribution in [0.3, 0.4) is 0 Å². The molecule has 12 aromatic carbocycles. The molecule has 0 bridgehead atoms. The number of fused-ring (bicyclic) bond motifs is 9. The van der Waals surface area contributed by atoms with Crippen molar-refractivity contribution in [3.63, 3.8) is 0 Å². The molecule has 0 aliphatic heterocycles. The number of aromatic nitrogens is 12. The van der Waals surface area contributed by atoms with Gasteiger partial charge >= 0.3 is 21.1 Å². The van der Waals surface area contributed by atoms with Crippen LogP contribution in [0.4, 0.5) is 0 Å². The quantitative estimate of drug-likeness (QED) is 0.112. The molecule has 0 unspecified atom stereocenters. The van der Waals surface area contributed by atoms with Gasteiger partial charge in [-0.3, -0.25) is 13.8 Å². The van der Waals surface area contributed by atoms with Crippen LogP contribution in [0.25, 0.3) is 133 Å². The summed E-state index contributed by atoms with van der Waals surface area (Å²) in [6, 6.07) is 102. The number of para-hydroxylation sites is 3. The molecule has 0 fully saturated rings. The summed E-state index contributed by atoms with van der Waals surface area (Å²) in [6.45, 7) is 32.8. The van der Waals surface area contributed by atoms with Crippen molar-refractivity contribution in [2.24, 2.45) is 0 Å². The Morgan fingerprint density at radius 1 is 0.326 bits per heavy atom. The fourth-order valence-corrected chi connectivity index (χ4v) is 17.8. The molecular formula is C115H105BrN12O3Pt.